The molecule has 0 radical (unpaired) electrons. The number of hydrogen-bond acceptors (Lipinski definition) is 7. The van der Waals surface area contributed by atoms with Gasteiger partial charge in [0.2, 0.25) is 5.82 Å². The number of nitro groups is 1. The van der Waals surface area contributed by atoms with Crippen LogP contribution in [0.15, 0.2) is 11.4 Å². The van der Waals surface area contributed by atoms with Crippen molar-refractivity contribution in [3.05, 3.63) is 16.4 Å². The van der Waals surface area contributed by atoms with Gasteiger partial charge in [-0.3, -0.25) is 10.1 Å². The van der Waals surface area contributed by atoms with Crippen molar-refractivity contribution in [3.8, 4) is 0 Å². The largest absolute Gasteiger partial charge is 0.396 e. The topological polar surface area (TPSA) is 115 Å². The van der Waals surface area contributed by atoms with Gasteiger partial charge >= 0.3 is 5.69 Å². The zero-order chi connectivity index (χ0) is 12.1. The van der Waals surface area contributed by atoms with Gasteiger partial charge in [0.25, 0.3) is 0 Å². The van der Waals surface area contributed by atoms with Crippen molar-refractivity contribution in [3.63, 3.8) is 0 Å². The molecule has 8 heteroatoms. The van der Waals surface area contributed by atoms with Crippen molar-refractivity contribution in [1.29, 1.82) is 0 Å². The Hall–Kier alpha value is -1.41. The molecule has 1 rings (SSSR count). The first kappa shape index (κ1) is 12.7. The summed E-state index contributed by atoms with van der Waals surface area (Å²) in [7, 11) is 0. The number of rotatable bonds is 5. The van der Waals surface area contributed by atoms with Crippen molar-refractivity contribution in [2.24, 2.45) is 5.92 Å². The number of thioether (sulfide) groups is 1. The van der Waals surface area contributed by atoms with Gasteiger partial charge in [-0.25, -0.2) is 9.97 Å². The number of aliphatic hydroxyl groups excluding tert-OH is 1. The van der Waals surface area contributed by atoms with Crippen molar-refractivity contribution in [2.45, 2.75) is 11.9 Å². The second-order valence-electron chi connectivity index (χ2n) is 3.27. The average Bonchev–Trinajstić information content (AvgIpc) is 2.25. The summed E-state index contributed by atoms with van der Waals surface area (Å²) in [6.45, 7) is 1.87. The number of aliphatic hydroxyl groups is 1. The van der Waals surface area contributed by atoms with Crippen LogP contribution >= 0.6 is 11.8 Å². The van der Waals surface area contributed by atoms with E-state index in [1.54, 1.807) is 0 Å². The maximum Gasteiger partial charge on any atom is 0.343 e. The Balaban J connectivity index is 2.87. The first-order valence-electron chi connectivity index (χ1n) is 4.54. The van der Waals surface area contributed by atoms with Crippen molar-refractivity contribution in [2.75, 3.05) is 18.1 Å². The van der Waals surface area contributed by atoms with E-state index >= 15 is 0 Å². The Morgan fingerprint density at radius 1 is 1.69 bits per heavy atom. The number of nitrogens with two attached hydrogens (primary N) is 1. The normalized spacial score (nSPS) is 12.4. The summed E-state index contributed by atoms with van der Waals surface area (Å²) in [4.78, 5) is 17.5. The van der Waals surface area contributed by atoms with E-state index in [9.17, 15) is 10.1 Å². The van der Waals surface area contributed by atoms with Gasteiger partial charge in [0.05, 0.1) is 4.92 Å². The summed E-state index contributed by atoms with van der Waals surface area (Å²) in [5, 5.41) is 19.8. The zero-order valence-electron chi connectivity index (χ0n) is 8.66. The van der Waals surface area contributed by atoms with Crippen LogP contribution in [0.1, 0.15) is 6.92 Å². The second kappa shape index (κ2) is 5.61. The summed E-state index contributed by atoms with van der Waals surface area (Å²) in [6.07, 6.45) is 1.19. The SMILES string of the molecule is CC(CO)CSc1ncnc(N)c1[N+](=O)[O-]. The molecular formula is C8H12N4O3S. The quantitative estimate of drug-likeness (QED) is 0.339. The van der Waals surface area contributed by atoms with E-state index in [0.717, 1.165) is 0 Å². The smallest absolute Gasteiger partial charge is 0.343 e. The monoisotopic (exact) mass is 244 g/mol. The van der Waals surface area contributed by atoms with Gasteiger partial charge in [-0.05, 0) is 5.92 Å². The van der Waals surface area contributed by atoms with Crippen LogP contribution in [0.5, 0.6) is 0 Å². The van der Waals surface area contributed by atoms with Crippen molar-refractivity contribution >= 4 is 23.3 Å². The van der Waals surface area contributed by atoms with Crippen LogP contribution < -0.4 is 5.73 Å². The van der Waals surface area contributed by atoms with Crippen LogP contribution in [0, 0.1) is 16.0 Å². The molecular weight excluding hydrogens is 232 g/mol. The molecule has 0 aromatic carbocycles. The summed E-state index contributed by atoms with van der Waals surface area (Å²) < 4.78 is 0. The molecule has 1 aromatic rings. The van der Waals surface area contributed by atoms with Gasteiger partial charge in [0, 0.05) is 12.4 Å². The lowest BCUT2D eigenvalue weighted by Gasteiger charge is -2.06. The molecule has 0 aliphatic carbocycles. The Morgan fingerprint density at radius 3 is 2.94 bits per heavy atom. The number of hydrogen-bond donors (Lipinski definition) is 2. The minimum atomic E-state index is -0.596. The maximum atomic E-state index is 10.7. The minimum Gasteiger partial charge on any atom is -0.396 e. The molecule has 1 aromatic heterocycles. The number of nitrogen functional groups attached to an aromatic ring is 1. The van der Waals surface area contributed by atoms with E-state index in [4.69, 9.17) is 10.8 Å². The van der Waals surface area contributed by atoms with Crippen molar-refractivity contribution in [1.82, 2.24) is 9.97 Å². The molecule has 7 nitrogen and oxygen atoms in total. The summed E-state index contributed by atoms with van der Waals surface area (Å²) in [6, 6.07) is 0. The second-order valence-corrected chi connectivity index (χ2v) is 4.28. The van der Waals surface area contributed by atoms with Crippen LogP contribution in [0.4, 0.5) is 11.5 Å². The molecule has 0 saturated carbocycles. The first-order valence-corrected chi connectivity index (χ1v) is 5.53. The van der Waals surface area contributed by atoms with Gasteiger partial charge in [-0.2, -0.15) is 0 Å². The fourth-order valence-corrected chi connectivity index (χ4v) is 1.91. The molecule has 16 heavy (non-hydrogen) atoms. The van der Waals surface area contributed by atoms with Gasteiger partial charge in [0.1, 0.15) is 6.33 Å². The summed E-state index contributed by atoms with van der Waals surface area (Å²) in [5.74, 6) is 0.438. The van der Waals surface area contributed by atoms with E-state index in [0.29, 0.717) is 5.75 Å². The van der Waals surface area contributed by atoms with Crippen LogP contribution in [-0.4, -0.2) is 32.4 Å². The standard InChI is InChI=1S/C8H12N4O3S/c1-5(2-13)3-16-8-6(12(14)15)7(9)10-4-11-8/h4-5,13H,2-3H2,1H3,(H2,9,10,11). The molecule has 1 unspecified atom stereocenters. The van der Waals surface area contributed by atoms with Crippen molar-refractivity contribution < 1.29 is 10.0 Å². The fraction of sp³-hybridized carbons (Fsp3) is 0.500. The minimum absolute atomic E-state index is 0.0291. The van der Waals surface area contributed by atoms with Gasteiger partial charge in [-0.15, -0.1) is 0 Å². The lowest BCUT2D eigenvalue weighted by molar-refractivity contribution is -0.387. The number of aromatic nitrogens is 2. The van der Waals surface area contributed by atoms with E-state index in [-0.39, 0.29) is 29.1 Å². The van der Waals surface area contributed by atoms with Crippen LogP contribution in [0.25, 0.3) is 0 Å². The molecule has 1 atom stereocenters. The molecule has 0 amide bonds. The van der Waals surface area contributed by atoms with Crippen LogP contribution in [0.3, 0.4) is 0 Å². The molecule has 3 N–H and O–H groups in total. The molecule has 0 aliphatic rings. The van der Waals surface area contributed by atoms with E-state index in [1.165, 1.54) is 18.1 Å². The number of anilines is 1. The molecule has 0 bridgehead atoms. The van der Waals surface area contributed by atoms with E-state index < -0.39 is 4.92 Å². The van der Waals surface area contributed by atoms with E-state index in [2.05, 4.69) is 9.97 Å². The third kappa shape index (κ3) is 3.04. The molecule has 0 aliphatic heterocycles. The van der Waals surface area contributed by atoms with E-state index in [1.807, 2.05) is 6.92 Å². The lowest BCUT2D eigenvalue weighted by atomic mass is 10.2. The summed E-state index contributed by atoms with van der Waals surface area (Å²) >= 11 is 1.19. The predicted octanol–water partition coefficient (Wildman–Crippen LogP) is 0.688. The van der Waals surface area contributed by atoms with Crippen LogP contribution in [-0.2, 0) is 0 Å². The number of nitrogens with zero attached hydrogens (tertiary/aromatic N) is 3. The van der Waals surface area contributed by atoms with Gasteiger partial charge < -0.3 is 10.8 Å². The lowest BCUT2D eigenvalue weighted by Crippen LogP contribution is -2.06. The molecule has 0 saturated heterocycles. The molecule has 88 valence electrons. The first-order chi connectivity index (χ1) is 7.56. The van der Waals surface area contributed by atoms with Gasteiger partial charge in [0.15, 0.2) is 5.03 Å². The highest BCUT2D eigenvalue weighted by atomic mass is 32.2. The third-order valence-corrected chi connectivity index (χ3v) is 3.12. The Morgan fingerprint density at radius 2 is 2.38 bits per heavy atom. The maximum absolute atomic E-state index is 10.7. The Bertz CT molecular complexity index is 388. The molecule has 0 spiro atoms. The highest BCUT2D eigenvalue weighted by Crippen LogP contribution is 2.31. The predicted molar refractivity (Wildman–Crippen MR) is 60.1 cm³/mol. The zero-order valence-corrected chi connectivity index (χ0v) is 9.48. The Labute approximate surface area is 96.2 Å². The highest BCUT2D eigenvalue weighted by molar-refractivity contribution is 7.99. The van der Waals surface area contributed by atoms with Crippen LogP contribution in [0.2, 0.25) is 0 Å². The highest BCUT2D eigenvalue weighted by Gasteiger charge is 2.21. The molecule has 0 fully saturated rings. The Kier molecular flexibility index (Phi) is 4.44. The molecule has 1 heterocycles. The summed E-state index contributed by atoms with van der Waals surface area (Å²) in [5.41, 5.74) is 5.14. The third-order valence-electron chi connectivity index (χ3n) is 1.82. The van der Waals surface area contributed by atoms with Gasteiger partial charge in [-0.1, -0.05) is 18.7 Å². The fourth-order valence-electron chi connectivity index (χ4n) is 0.926. The average molecular weight is 244 g/mol.